The van der Waals surface area contributed by atoms with E-state index in [4.69, 9.17) is 5.73 Å². The second kappa shape index (κ2) is 5.25. The summed E-state index contributed by atoms with van der Waals surface area (Å²) >= 11 is 0. The molecule has 104 valence electrons. The van der Waals surface area contributed by atoms with Crippen LogP contribution in [0.5, 0.6) is 0 Å². The monoisotopic (exact) mass is 270 g/mol. The Hall–Kier alpha value is -1.87. The molecule has 20 heavy (non-hydrogen) atoms. The van der Waals surface area contributed by atoms with Crippen LogP contribution in [0.25, 0.3) is 0 Å². The number of benzene rings is 2. The van der Waals surface area contributed by atoms with Crippen molar-refractivity contribution in [3.8, 4) is 0 Å². The van der Waals surface area contributed by atoms with E-state index in [0.29, 0.717) is 12.1 Å². The Balaban J connectivity index is 2.07. The van der Waals surface area contributed by atoms with E-state index in [2.05, 4.69) is 17.0 Å². The largest absolute Gasteiger partial charge is 0.338 e. The van der Waals surface area contributed by atoms with Gasteiger partial charge in [0.05, 0.1) is 5.69 Å². The summed E-state index contributed by atoms with van der Waals surface area (Å²) in [4.78, 5) is 2.09. The third-order valence-corrected chi connectivity index (χ3v) is 3.77. The lowest BCUT2D eigenvalue weighted by atomic mass is 10.0. The number of nitrogens with zero attached hydrogens (tertiary/aromatic N) is 1. The number of para-hydroxylation sites is 2. The van der Waals surface area contributed by atoms with Crippen LogP contribution in [-0.4, -0.2) is 12.6 Å². The Bertz CT molecular complexity index is 622. The molecule has 2 nitrogen and oxygen atoms in total. The topological polar surface area (TPSA) is 29.3 Å². The smallest absolute Gasteiger partial charge is 0.147 e. The highest BCUT2D eigenvalue weighted by Gasteiger charge is 2.24. The van der Waals surface area contributed by atoms with Gasteiger partial charge in [-0.3, -0.25) is 0 Å². The van der Waals surface area contributed by atoms with E-state index in [1.807, 2.05) is 25.1 Å². The van der Waals surface area contributed by atoms with Crippen molar-refractivity contribution >= 4 is 11.4 Å². The average Bonchev–Trinajstić information content (AvgIpc) is 2.82. The van der Waals surface area contributed by atoms with E-state index in [1.54, 1.807) is 6.07 Å². The van der Waals surface area contributed by atoms with E-state index in [1.165, 1.54) is 11.6 Å². The molecule has 0 amide bonds. The molecule has 0 saturated heterocycles. The molecule has 0 spiro atoms. The van der Waals surface area contributed by atoms with E-state index in [0.717, 1.165) is 24.2 Å². The summed E-state index contributed by atoms with van der Waals surface area (Å²) < 4.78 is 14.4. The van der Waals surface area contributed by atoms with Gasteiger partial charge in [-0.2, -0.15) is 0 Å². The van der Waals surface area contributed by atoms with Gasteiger partial charge in [-0.15, -0.1) is 0 Å². The summed E-state index contributed by atoms with van der Waals surface area (Å²) in [6.07, 6.45) is 1.65. The second-order valence-electron chi connectivity index (χ2n) is 5.46. The van der Waals surface area contributed by atoms with Gasteiger partial charge in [0.2, 0.25) is 0 Å². The van der Waals surface area contributed by atoms with Crippen LogP contribution in [0.3, 0.4) is 0 Å². The first-order valence-electron chi connectivity index (χ1n) is 7.05. The van der Waals surface area contributed by atoms with Crippen LogP contribution in [0.15, 0.2) is 42.5 Å². The third kappa shape index (κ3) is 2.29. The zero-order valence-electron chi connectivity index (χ0n) is 11.6. The quantitative estimate of drug-likeness (QED) is 0.926. The van der Waals surface area contributed by atoms with Crippen LogP contribution < -0.4 is 10.6 Å². The fourth-order valence-corrected chi connectivity index (χ4v) is 2.94. The molecular weight excluding hydrogens is 251 g/mol. The van der Waals surface area contributed by atoms with Crippen molar-refractivity contribution in [2.75, 3.05) is 11.4 Å². The predicted molar refractivity (Wildman–Crippen MR) is 80.9 cm³/mol. The molecule has 0 saturated carbocycles. The molecule has 2 aromatic rings. The summed E-state index contributed by atoms with van der Waals surface area (Å²) in [6.45, 7) is 2.78. The van der Waals surface area contributed by atoms with E-state index >= 15 is 0 Å². The number of halogens is 1. The Morgan fingerprint density at radius 1 is 1.20 bits per heavy atom. The van der Waals surface area contributed by atoms with E-state index < -0.39 is 0 Å². The SMILES string of the molecule is CC(N)Cc1cccc(F)c1N1CCc2ccccc21. The van der Waals surface area contributed by atoms with E-state index in [9.17, 15) is 4.39 Å². The van der Waals surface area contributed by atoms with Gasteiger partial charge in [0.25, 0.3) is 0 Å². The van der Waals surface area contributed by atoms with Gasteiger partial charge in [-0.05, 0) is 43.0 Å². The molecular formula is C17H19FN2. The molecule has 2 aromatic carbocycles. The molecule has 0 bridgehead atoms. The maximum atomic E-state index is 14.4. The number of fused-ring (bicyclic) bond motifs is 1. The van der Waals surface area contributed by atoms with Crippen molar-refractivity contribution in [3.63, 3.8) is 0 Å². The molecule has 0 aromatic heterocycles. The highest BCUT2D eigenvalue weighted by atomic mass is 19.1. The Labute approximate surface area is 119 Å². The lowest BCUT2D eigenvalue weighted by Gasteiger charge is -2.24. The minimum absolute atomic E-state index is 0.0217. The molecule has 0 fully saturated rings. The number of nitrogens with two attached hydrogens (primary N) is 1. The zero-order chi connectivity index (χ0) is 14.1. The molecule has 3 rings (SSSR count). The Morgan fingerprint density at radius 3 is 2.80 bits per heavy atom. The summed E-state index contributed by atoms with van der Waals surface area (Å²) in [5.41, 5.74) is 9.96. The molecule has 1 aliphatic rings. The van der Waals surface area contributed by atoms with Crippen LogP contribution in [0.1, 0.15) is 18.1 Å². The first-order valence-corrected chi connectivity index (χ1v) is 7.05. The standard InChI is InChI=1S/C17H19FN2/c1-12(19)11-14-6-4-7-15(18)17(14)20-10-9-13-5-2-3-8-16(13)20/h2-8,12H,9-11,19H2,1H3. The first-order chi connectivity index (χ1) is 9.66. The van der Waals surface area contributed by atoms with Crippen molar-refractivity contribution < 1.29 is 4.39 Å². The van der Waals surface area contributed by atoms with Crippen LogP contribution in [0, 0.1) is 5.82 Å². The number of hydrogen-bond donors (Lipinski definition) is 1. The molecule has 1 atom stereocenters. The van der Waals surface area contributed by atoms with Crippen LogP contribution in [0.2, 0.25) is 0 Å². The molecule has 0 radical (unpaired) electrons. The van der Waals surface area contributed by atoms with Crippen molar-refractivity contribution in [1.29, 1.82) is 0 Å². The fraction of sp³-hybridized carbons (Fsp3) is 0.294. The van der Waals surface area contributed by atoms with Gasteiger partial charge in [0.15, 0.2) is 0 Å². The molecule has 3 heteroatoms. The normalized spacial score (nSPS) is 15.2. The van der Waals surface area contributed by atoms with Gasteiger partial charge in [-0.1, -0.05) is 30.3 Å². The highest BCUT2D eigenvalue weighted by Crippen LogP contribution is 2.37. The minimum Gasteiger partial charge on any atom is -0.338 e. The number of rotatable bonds is 3. The maximum absolute atomic E-state index is 14.4. The zero-order valence-corrected chi connectivity index (χ0v) is 11.6. The van der Waals surface area contributed by atoms with Gasteiger partial charge in [0, 0.05) is 18.3 Å². The Kier molecular flexibility index (Phi) is 3.45. The molecule has 1 heterocycles. The van der Waals surface area contributed by atoms with Crippen LogP contribution >= 0.6 is 0 Å². The third-order valence-electron chi connectivity index (χ3n) is 3.77. The summed E-state index contributed by atoms with van der Waals surface area (Å²) in [6, 6.07) is 13.5. The molecule has 0 aliphatic carbocycles. The van der Waals surface area contributed by atoms with Gasteiger partial charge in [-0.25, -0.2) is 4.39 Å². The number of hydrogen-bond acceptors (Lipinski definition) is 2. The van der Waals surface area contributed by atoms with Crippen molar-refractivity contribution in [2.24, 2.45) is 5.73 Å². The van der Waals surface area contributed by atoms with Crippen molar-refractivity contribution in [1.82, 2.24) is 0 Å². The van der Waals surface area contributed by atoms with E-state index in [-0.39, 0.29) is 11.9 Å². The van der Waals surface area contributed by atoms with Crippen LogP contribution in [-0.2, 0) is 12.8 Å². The van der Waals surface area contributed by atoms with Gasteiger partial charge >= 0.3 is 0 Å². The van der Waals surface area contributed by atoms with Crippen molar-refractivity contribution in [3.05, 3.63) is 59.4 Å². The minimum atomic E-state index is -0.167. The lowest BCUT2D eigenvalue weighted by Crippen LogP contribution is -2.22. The molecule has 1 aliphatic heterocycles. The maximum Gasteiger partial charge on any atom is 0.147 e. The Morgan fingerprint density at radius 2 is 2.00 bits per heavy atom. The highest BCUT2D eigenvalue weighted by molar-refractivity contribution is 5.72. The lowest BCUT2D eigenvalue weighted by molar-refractivity contribution is 0.621. The molecule has 2 N–H and O–H groups in total. The number of anilines is 2. The van der Waals surface area contributed by atoms with Gasteiger partial charge in [0.1, 0.15) is 5.82 Å². The van der Waals surface area contributed by atoms with Crippen LogP contribution in [0.4, 0.5) is 15.8 Å². The second-order valence-corrected chi connectivity index (χ2v) is 5.46. The van der Waals surface area contributed by atoms with Gasteiger partial charge < -0.3 is 10.6 Å². The first kappa shape index (κ1) is 13.1. The predicted octanol–water partition coefficient (Wildman–Crippen LogP) is 3.41. The van der Waals surface area contributed by atoms with Crippen molar-refractivity contribution in [2.45, 2.75) is 25.8 Å². The summed E-state index contributed by atoms with van der Waals surface area (Å²) in [7, 11) is 0. The average molecular weight is 270 g/mol. The molecule has 1 unspecified atom stereocenters. The summed E-state index contributed by atoms with van der Waals surface area (Å²) in [5, 5.41) is 0. The fourth-order valence-electron chi connectivity index (χ4n) is 2.94. The summed E-state index contributed by atoms with van der Waals surface area (Å²) in [5.74, 6) is -0.167.